The minimum Gasteiger partial charge on any atom is -0.493 e. The van der Waals surface area contributed by atoms with Gasteiger partial charge in [0.25, 0.3) is 0 Å². The van der Waals surface area contributed by atoms with Crippen molar-refractivity contribution in [3.05, 3.63) is 68.4 Å². The summed E-state index contributed by atoms with van der Waals surface area (Å²) >= 11 is 13.9. The lowest BCUT2D eigenvalue weighted by atomic mass is 9.99. The van der Waals surface area contributed by atoms with Gasteiger partial charge >= 0.3 is 5.97 Å². The molecule has 1 atom stereocenters. The highest BCUT2D eigenvalue weighted by Crippen LogP contribution is 2.48. The van der Waals surface area contributed by atoms with E-state index in [4.69, 9.17) is 47.1 Å². The van der Waals surface area contributed by atoms with E-state index in [1.165, 1.54) is 11.8 Å². The fourth-order valence-corrected chi connectivity index (χ4v) is 5.05. The molecule has 0 saturated carbocycles. The maximum atomic E-state index is 12.2. The predicted molar refractivity (Wildman–Crippen MR) is 139 cm³/mol. The van der Waals surface area contributed by atoms with E-state index in [-0.39, 0.29) is 12.4 Å². The van der Waals surface area contributed by atoms with Crippen molar-refractivity contribution in [2.24, 2.45) is 4.99 Å². The summed E-state index contributed by atoms with van der Waals surface area (Å²) in [6, 6.07) is 8.72. The molecule has 2 aromatic rings. The van der Waals surface area contributed by atoms with Gasteiger partial charge in [-0.15, -0.1) is 0 Å². The molecule has 0 aromatic heterocycles. The summed E-state index contributed by atoms with van der Waals surface area (Å²) < 4.78 is 22.4. The van der Waals surface area contributed by atoms with Crippen LogP contribution >= 0.6 is 35.0 Å². The van der Waals surface area contributed by atoms with E-state index in [9.17, 15) is 4.79 Å². The lowest BCUT2D eigenvalue weighted by molar-refractivity contribution is -0.141. The van der Waals surface area contributed by atoms with Gasteiger partial charge in [0.15, 0.2) is 16.7 Å². The van der Waals surface area contributed by atoms with Crippen molar-refractivity contribution in [1.29, 1.82) is 0 Å². The normalized spacial score (nSPS) is 17.0. The minimum absolute atomic E-state index is 0.251. The number of esters is 1. The molecular formula is C25H24Cl2N2O5S. The Morgan fingerprint density at radius 3 is 2.31 bits per heavy atom. The van der Waals surface area contributed by atoms with Crippen molar-refractivity contribution in [3.8, 4) is 17.2 Å². The van der Waals surface area contributed by atoms with Crippen LogP contribution in [-0.2, 0) is 9.53 Å². The Labute approximate surface area is 218 Å². The van der Waals surface area contributed by atoms with Crippen LogP contribution in [0, 0.1) is 0 Å². The maximum absolute atomic E-state index is 12.2. The first kappa shape index (κ1) is 25.3. The van der Waals surface area contributed by atoms with Crippen molar-refractivity contribution in [1.82, 2.24) is 4.90 Å². The van der Waals surface area contributed by atoms with E-state index in [0.717, 1.165) is 16.0 Å². The first-order valence-electron chi connectivity index (χ1n) is 10.8. The summed E-state index contributed by atoms with van der Waals surface area (Å²) in [7, 11) is 4.69. The Morgan fingerprint density at radius 1 is 1.06 bits per heavy atom. The van der Waals surface area contributed by atoms with Crippen molar-refractivity contribution in [2.75, 3.05) is 21.3 Å². The van der Waals surface area contributed by atoms with Crippen molar-refractivity contribution >= 4 is 51.8 Å². The molecule has 4 rings (SSSR count). The molecule has 2 aromatic carbocycles. The zero-order valence-corrected chi connectivity index (χ0v) is 22.2. The number of carbonyl (C=O) groups is 1. The van der Waals surface area contributed by atoms with Gasteiger partial charge in [-0.25, -0.2) is 4.99 Å². The number of methoxy groups -OCH3 is 3. The average Bonchev–Trinajstić information content (AvgIpc) is 3.18. The van der Waals surface area contributed by atoms with E-state index >= 15 is 0 Å². The molecule has 0 aliphatic carbocycles. The molecule has 0 radical (unpaired) electrons. The number of ether oxygens (including phenoxy) is 4. The van der Waals surface area contributed by atoms with Crippen LogP contribution in [0.15, 0.2) is 52.2 Å². The SMILES string of the molecule is CCC(=O)OC1=C(C)SC2=NC(c3ccc(Cl)c(Cl)c3)=CC(c3cc(OC)c(OC)c(OC)c3)N21. The van der Waals surface area contributed by atoms with Crippen LogP contribution in [0.25, 0.3) is 5.70 Å². The lowest BCUT2D eigenvalue weighted by Crippen LogP contribution is -2.32. The van der Waals surface area contributed by atoms with Gasteiger partial charge in [0.2, 0.25) is 11.6 Å². The number of carbonyl (C=O) groups excluding carboxylic acids is 1. The second kappa shape index (κ2) is 10.4. The number of thioether (sulfide) groups is 1. The predicted octanol–water partition coefficient (Wildman–Crippen LogP) is 6.66. The quantitative estimate of drug-likeness (QED) is 0.367. The average molecular weight is 535 g/mol. The molecular weight excluding hydrogens is 511 g/mol. The third-order valence-corrected chi connectivity index (χ3v) is 7.21. The van der Waals surface area contributed by atoms with E-state index in [2.05, 4.69) is 0 Å². The minimum atomic E-state index is -0.398. The molecule has 0 spiro atoms. The molecule has 35 heavy (non-hydrogen) atoms. The largest absolute Gasteiger partial charge is 0.493 e. The molecule has 2 aliphatic heterocycles. The van der Waals surface area contributed by atoms with Crippen molar-refractivity contribution < 1.29 is 23.7 Å². The monoisotopic (exact) mass is 534 g/mol. The topological polar surface area (TPSA) is 69.6 Å². The summed E-state index contributed by atoms with van der Waals surface area (Å²) in [4.78, 5) is 19.8. The van der Waals surface area contributed by atoms with Crippen LogP contribution in [-0.4, -0.2) is 37.4 Å². The zero-order chi connectivity index (χ0) is 25.3. The summed E-state index contributed by atoms with van der Waals surface area (Å²) in [6.07, 6.45) is 2.23. The van der Waals surface area contributed by atoms with Crippen LogP contribution in [0.2, 0.25) is 10.0 Å². The zero-order valence-electron chi connectivity index (χ0n) is 19.8. The van der Waals surface area contributed by atoms with Gasteiger partial charge in [0.1, 0.15) is 0 Å². The van der Waals surface area contributed by atoms with E-state index in [1.807, 2.05) is 36.1 Å². The number of hydrogen-bond donors (Lipinski definition) is 0. The number of fused-ring (bicyclic) bond motifs is 1. The van der Waals surface area contributed by atoms with Gasteiger partial charge in [-0.05, 0) is 42.8 Å². The highest BCUT2D eigenvalue weighted by molar-refractivity contribution is 8.17. The Bertz CT molecular complexity index is 1250. The smallest absolute Gasteiger partial charge is 0.312 e. The molecule has 10 heteroatoms. The van der Waals surface area contributed by atoms with Crippen LogP contribution in [0.5, 0.6) is 17.2 Å². The standard InChI is InChI=1S/C25H24Cl2N2O5S/c1-6-22(30)34-24-13(2)35-25-28-18(14-7-8-16(26)17(27)9-14)12-19(29(24)25)15-10-20(31-3)23(33-5)21(11-15)32-4/h7-12,19H,6H2,1-5H3. The number of hydrogen-bond acceptors (Lipinski definition) is 8. The second-order valence-electron chi connectivity index (χ2n) is 7.64. The van der Waals surface area contributed by atoms with Crippen molar-refractivity contribution in [2.45, 2.75) is 26.3 Å². The molecule has 2 heterocycles. The number of halogens is 2. The van der Waals surface area contributed by atoms with Gasteiger partial charge < -0.3 is 18.9 Å². The summed E-state index contributed by atoms with van der Waals surface area (Å²) in [6.45, 7) is 3.65. The molecule has 2 aliphatic rings. The summed E-state index contributed by atoms with van der Waals surface area (Å²) in [5, 5.41) is 1.57. The Hall–Kier alpha value is -2.81. The summed E-state index contributed by atoms with van der Waals surface area (Å²) in [5.41, 5.74) is 2.34. The Morgan fingerprint density at radius 2 is 1.74 bits per heavy atom. The molecule has 0 N–H and O–H groups in total. The van der Waals surface area contributed by atoms with E-state index < -0.39 is 6.04 Å². The maximum Gasteiger partial charge on any atom is 0.312 e. The van der Waals surface area contributed by atoms with Crippen LogP contribution in [0.1, 0.15) is 37.4 Å². The molecule has 0 amide bonds. The molecule has 0 saturated heterocycles. The van der Waals surface area contributed by atoms with E-state index in [1.54, 1.807) is 40.4 Å². The lowest BCUT2D eigenvalue weighted by Gasteiger charge is -2.33. The first-order chi connectivity index (χ1) is 16.8. The number of amidine groups is 1. The van der Waals surface area contributed by atoms with Gasteiger partial charge in [-0.2, -0.15) is 0 Å². The number of nitrogens with zero attached hydrogens (tertiary/aromatic N) is 2. The van der Waals surface area contributed by atoms with Gasteiger partial charge in [-0.3, -0.25) is 9.69 Å². The molecule has 184 valence electrons. The number of rotatable bonds is 7. The second-order valence-corrected chi connectivity index (χ2v) is 9.64. The van der Waals surface area contributed by atoms with Crippen LogP contribution < -0.4 is 14.2 Å². The molecule has 0 fully saturated rings. The molecule has 0 bridgehead atoms. The molecule has 7 nitrogen and oxygen atoms in total. The van der Waals surface area contributed by atoms with Gasteiger partial charge in [0, 0.05) is 12.0 Å². The van der Waals surface area contributed by atoms with Gasteiger partial charge in [-0.1, -0.05) is 48.0 Å². The number of aliphatic imine (C=N–C) groups is 1. The van der Waals surface area contributed by atoms with Gasteiger partial charge in [0.05, 0.1) is 48.0 Å². The fourth-order valence-electron chi connectivity index (χ4n) is 3.81. The van der Waals surface area contributed by atoms with Crippen molar-refractivity contribution in [3.63, 3.8) is 0 Å². The van der Waals surface area contributed by atoms with E-state index in [0.29, 0.717) is 44.0 Å². The first-order valence-corrected chi connectivity index (χ1v) is 12.3. The fraction of sp³-hybridized carbons (Fsp3) is 0.280. The Kier molecular flexibility index (Phi) is 7.54. The highest BCUT2D eigenvalue weighted by Gasteiger charge is 2.39. The molecule has 1 unspecified atom stereocenters. The third kappa shape index (κ3) is 4.83. The number of benzene rings is 2. The van der Waals surface area contributed by atoms with Crippen LogP contribution in [0.4, 0.5) is 0 Å². The number of allylic oxidation sites excluding steroid dienone is 1. The third-order valence-electron chi connectivity index (χ3n) is 5.52. The highest BCUT2D eigenvalue weighted by atomic mass is 35.5. The van der Waals surface area contributed by atoms with Crippen LogP contribution in [0.3, 0.4) is 0 Å². The Balaban J connectivity index is 1.89. The summed E-state index contributed by atoms with van der Waals surface area (Å²) in [5.74, 6) is 1.62.